The number of carbonyl (C=O) groups is 3. The van der Waals surface area contributed by atoms with E-state index in [4.69, 9.17) is 9.47 Å². The van der Waals surface area contributed by atoms with E-state index in [1.54, 1.807) is 57.5 Å². The fraction of sp³-hybridized carbons (Fsp3) is 0.286. The Kier molecular flexibility index (Phi) is 5.72. The number of urea groups is 1. The summed E-state index contributed by atoms with van der Waals surface area (Å²) in [4.78, 5) is 38.5. The molecule has 8 heteroatoms. The van der Waals surface area contributed by atoms with Gasteiger partial charge in [-0.1, -0.05) is 24.3 Å². The normalized spacial score (nSPS) is 18.4. The van der Waals surface area contributed by atoms with Gasteiger partial charge in [0.15, 0.2) is 0 Å². The van der Waals surface area contributed by atoms with Crippen LogP contribution in [0.3, 0.4) is 0 Å². The Morgan fingerprint density at radius 1 is 1.07 bits per heavy atom. The van der Waals surface area contributed by atoms with Crippen molar-refractivity contribution in [3.8, 4) is 11.5 Å². The summed E-state index contributed by atoms with van der Waals surface area (Å²) in [5.41, 5.74) is 0.213. The summed E-state index contributed by atoms with van der Waals surface area (Å²) >= 11 is 0. The highest BCUT2D eigenvalue weighted by atomic mass is 16.5. The fourth-order valence-corrected chi connectivity index (χ4v) is 3.14. The summed E-state index contributed by atoms with van der Waals surface area (Å²) in [5.74, 6) is 0.406. The number of hydrogen-bond donors (Lipinski definition) is 2. The number of methoxy groups -OCH3 is 2. The molecule has 0 saturated carbocycles. The Labute approximate surface area is 168 Å². The third-order valence-electron chi connectivity index (χ3n) is 4.87. The second-order valence-corrected chi connectivity index (χ2v) is 6.80. The summed E-state index contributed by atoms with van der Waals surface area (Å²) in [6.45, 7) is 1.51. The van der Waals surface area contributed by atoms with Crippen LogP contribution in [0.2, 0.25) is 0 Å². The van der Waals surface area contributed by atoms with Gasteiger partial charge < -0.3 is 20.1 Å². The molecule has 0 unspecified atom stereocenters. The van der Waals surface area contributed by atoms with Crippen molar-refractivity contribution in [2.75, 3.05) is 20.8 Å². The maximum atomic E-state index is 12.9. The van der Waals surface area contributed by atoms with E-state index < -0.39 is 23.4 Å². The second kappa shape index (κ2) is 8.22. The minimum absolute atomic E-state index is 0.259. The molecule has 1 aliphatic rings. The highest BCUT2D eigenvalue weighted by molar-refractivity contribution is 6.09. The van der Waals surface area contributed by atoms with Gasteiger partial charge in [-0.2, -0.15) is 0 Å². The number of ether oxygens (including phenoxy) is 2. The Balaban J connectivity index is 1.65. The molecule has 1 heterocycles. The minimum atomic E-state index is -1.24. The largest absolute Gasteiger partial charge is 0.497 e. The van der Waals surface area contributed by atoms with E-state index in [9.17, 15) is 14.4 Å². The lowest BCUT2D eigenvalue weighted by molar-refractivity contribution is -0.134. The lowest BCUT2D eigenvalue weighted by Gasteiger charge is -2.22. The van der Waals surface area contributed by atoms with Gasteiger partial charge in [0, 0.05) is 6.54 Å². The van der Waals surface area contributed by atoms with Crippen LogP contribution in [0, 0.1) is 0 Å². The van der Waals surface area contributed by atoms with Crippen molar-refractivity contribution in [1.29, 1.82) is 0 Å². The van der Waals surface area contributed by atoms with Crippen molar-refractivity contribution >= 4 is 17.8 Å². The van der Waals surface area contributed by atoms with Crippen molar-refractivity contribution in [2.24, 2.45) is 0 Å². The van der Waals surface area contributed by atoms with E-state index in [0.29, 0.717) is 17.1 Å². The molecule has 3 rings (SSSR count). The molecular weight excluding hydrogens is 374 g/mol. The molecule has 0 aromatic heterocycles. The zero-order valence-electron chi connectivity index (χ0n) is 16.5. The molecule has 8 nitrogen and oxygen atoms in total. The quantitative estimate of drug-likeness (QED) is 0.695. The van der Waals surface area contributed by atoms with Crippen LogP contribution in [-0.4, -0.2) is 43.5 Å². The Hall–Kier alpha value is -3.55. The molecule has 152 valence electrons. The van der Waals surface area contributed by atoms with Crippen LogP contribution in [0.1, 0.15) is 18.1 Å². The topological polar surface area (TPSA) is 97.0 Å². The van der Waals surface area contributed by atoms with Gasteiger partial charge in [-0.3, -0.25) is 14.5 Å². The van der Waals surface area contributed by atoms with E-state index >= 15 is 0 Å². The first-order chi connectivity index (χ1) is 13.9. The minimum Gasteiger partial charge on any atom is -0.497 e. The van der Waals surface area contributed by atoms with Crippen LogP contribution in [0.15, 0.2) is 48.5 Å². The van der Waals surface area contributed by atoms with Crippen LogP contribution in [0.5, 0.6) is 11.5 Å². The van der Waals surface area contributed by atoms with Gasteiger partial charge in [-0.15, -0.1) is 0 Å². The van der Waals surface area contributed by atoms with Crippen LogP contribution in [-0.2, 0) is 21.7 Å². The number of imide groups is 1. The molecule has 0 radical (unpaired) electrons. The van der Waals surface area contributed by atoms with Gasteiger partial charge in [-0.05, 0) is 42.3 Å². The average Bonchev–Trinajstić information content (AvgIpc) is 2.96. The van der Waals surface area contributed by atoms with Gasteiger partial charge in [0.25, 0.3) is 5.91 Å². The van der Waals surface area contributed by atoms with Crippen molar-refractivity contribution in [1.82, 2.24) is 15.5 Å². The molecule has 1 saturated heterocycles. The second-order valence-electron chi connectivity index (χ2n) is 6.80. The molecule has 0 bridgehead atoms. The summed E-state index contributed by atoms with van der Waals surface area (Å²) in [5, 5.41) is 5.39. The molecule has 2 N–H and O–H groups in total. The van der Waals surface area contributed by atoms with Crippen molar-refractivity contribution < 1.29 is 23.9 Å². The molecule has 29 heavy (non-hydrogen) atoms. The molecule has 1 atom stereocenters. The van der Waals surface area contributed by atoms with Gasteiger partial charge >= 0.3 is 6.03 Å². The van der Waals surface area contributed by atoms with Gasteiger partial charge in [-0.25, -0.2) is 4.79 Å². The van der Waals surface area contributed by atoms with E-state index in [0.717, 1.165) is 10.5 Å². The maximum absolute atomic E-state index is 12.9. The monoisotopic (exact) mass is 397 g/mol. The van der Waals surface area contributed by atoms with Crippen LogP contribution in [0.4, 0.5) is 4.79 Å². The number of nitrogens with one attached hydrogen (secondary N) is 2. The smallest absolute Gasteiger partial charge is 0.325 e. The molecule has 0 spiro atoms. The van der Waals surface area contributed by atoms with Crippen LogP contribution >= 0.6 is 0 Å². The molecule has 0 aliphatic carbocycles. The summed E-state index contributed by atoms with van der Waals surface area (Å²) in [6.07, 6.45) is 0. The fourth-order valence-electron chi connectivity index (χ4n) is 3.14. The number of hydrogen-bond acceptors (Lipinski definition) is 5. The predicted molar refractivity (Wildman–Crippen MR) is 105 cm³/mol. The van der Waals surface area contributed by atoms with Crippen molar-refractivity contribution in [3.63, 3.8) is 0 Å². The van der Waals surface area contributed by atoms with E-state index in [2.05, 4.69) is 10.6 Å². The third kappa shape index (κ3) is 4.16. The zero-order chi connectivity index (χ0) is 21.0. The average molecular weight is 397 g/mol. The summed E-state index contributed by atoms with van der Waals surface area (Å²) in [6, 6.07) is 13.5. The number of nitrogens with zero attached hydrogens (tertiary/aromatic N) is 1. The number of amides is 4. The standard InChI is InChI=1S/C21H23N3O5/c1-21(15-7-9-16(28-2)10-8-15)19(26)24(20(27)23-21)13-18(25)22-12-14-5-4-6-17(11-14)29-3/h4-11H,12-13H2,1-3H3,(H,22,25)(H,23,27)/t21-/m1/s1. The van der Waals surface area contributed by atoms with Crippen molar-refractivity contribution in [3.05, 3.63) is 59.7 Å². The number of benzene rings is 2. The first-order valence-electron chi connectivity index (χ1n) is 9.05. The molecule has 4 amide bonds. The zero-order valence-corrected chi connectivity index (χ0v) is 16.5. The number of rotatable bonds is 7. The maximum Gasteiger partial charge on any atom is 0.325 e. The Morgan fingerprint density at radius 2 is 1.76 bits per heavy atom. The number of carbonyl (C=O) groups excluding carboxylic acids is 3. The van der Waals surface area contributed by atoms with E-state index in [1.165, 1.54) is 0 Å². The molecular formula is C21H23N3O5. The van der Waals surface area contributed by atoms with E-state index in [1.807, 2.05) is 12.1 Å². The van der Waals surface area contributed by atoms with Gasteiger partial charge in [0.05, 0.1) is 14.2 Å². The highest BCUT2D eigenvalue weighted by Gasteiger charge is 2.49. The summed E-state index contributed by atoms with van der Waals surface area (Å²) < 4.78 is 10.3. The molecule has 1 aliphatic heterocycles. The van der Waals surface area contributed by atoms with Crippen molar-refractivity contribution in [2.45, 2.75) is 19.0 Å². The SMILES string of the molecule is COc1ccc([C@@]2(C)NC(=O)N(CC(=O)NCc3cccc(OC)c3)C2=O)cc1. The molecule has 1 fully saturated rings. The highest BCUT2D eigenvalue weighted by Crippen LogP contribution is 2.29. The molecule has 2 aromatic carbocycles. The van der Waals surface area contributed by atoms with Crippen LogP contribution < -0.4 is 20.1 Å². The Bertz CT molecular complexity index is 928. The summed E-state index contributed by atoms with van der Waals surface area (Å²) in [7, 11) is 3.11. The van der Waals surface area contributed by atoms with Gasteiger partial charge in [0.2, 0.25) is 5.91 Å². The first kappa shape index (κ1) is 20.2. The van der Waals surface area contributed by atoms with E-state index in [-0.39, 0.29) is 13.1 Å². The predicted octanol–water partition coefficient (Wildman–Crippen LogP) is 1.79. The van der Waals surface area contributed by atoms with Crippen LogP contribution in [0.25, 0.3) is 0 Å². The first-order valence-corrected chi connectivity index (χ1v) is 9.05. The Morgan fingerprint density at radius 3 is 2.41 bits per heavy atom. The lowest BCUT2D eigenvalue weighted by atomic mass is 9.92. The third-order valence-corrected chi connectivity index (χ3v) is 4.87. The molecule has 2 aromatic rings. The lowest BCUT2D eigenvalue weighted by Crippen LogP contribution is -2.43. The van der Waals surface area contributed by atoms with Gasteiger partial charge in [0.1, 0.15) is 23.6 Å².